The summed E-state index contributed by atoms with van der Waals surface area (Å²) in [4.78, 5) is 33.3. The van der Waals surface area contributed by atoms with Crippen molar-refractivity contribution in [3.8, 4) is 0 Å². The second-order valence-corrected chi connectivity index (χ2v) is 5.61. The van der Waals surface area contributed by atoms with Crippen molar-refractivity contribution in [2.24, 2.45) is 11.1 Å². The molecule has 8 nitrogen and oxygen atoms in total. The molecule has 1 rings (SSSR count). The van der Waals surface area contributed by atoms with E-state index < -0.39 is 24.0 Å². The predicted molar refractivity (Wildman–Crippen MR) is 77.0 cm³/mol. The number of rotatable bonds is 8. The fourth-order valence-electron chi connectivity index (χ4n) is 1.97. The van der Waals surface area contributed by atoms with Crippen LogP contribution in [-0.2, 0) is 19.1 Å². The summed E-state index contributed by atoms with van der Waals surface area (Å²) >= 11 is 0. The van der Waals surface area contributed by atoms with Crippen molar-refractivity contribution in [3.05, 3.63) is 12.2 Å². The van der Waals surface area contributed by atoms with Crippen LogP contribution in [0.15, 0.2) is 12.2 Å². The molecule has 1 fully saturated rings. The zero-order valence-corrected chi connectivity index (χ0v) is 12.5. The van der Waals surface area contributed by atoms with E-state index in [4.69, 9.17) is 20.3 Å². The van der Waals surface area contributed by atoms with Crippen molar-refractivity contribution in [3.63, 3.8) is 0 Å². The Morgan fingerprint density at radius 2 is 2.23 bits per heavy atom. The molecule has 0 aromatic rings. The predicted octanol–water partition coefficient (Wildman–Crippen LogP) is 0.414. The van der Waals surface area contributed by atoms with Crippen molar-refractivity contribution >= 4 is 18.0 Å². The average Bonchev–Trinajstić information content (AvgIpc) is 2.87. The summed E-state index contributed by atoms with van der Waals surface area (Å²) in [5.74, 6) is -1.77. The molecule has 0 saturated carbocycles. The first-order valence-electron chi connectivity index (χ1n) is 7.02. The molecule has 2 amide bonds. The largest absolute Gasteiger partial charge is 0.480 e. The molecule has 124 valence electrons. The Morgan fingerprint density at radius 3 is 2.77 bits per heavy atom. The number of carbonyl (C=O) groups is 3. The molecule has 1 unspecified atom stereocenters. The zero-order valence-electron chi connectivity index (χ0n) is 12.5. The van der Waals surface area contributed by atoms with Crippen molar-refractivity contribution in [2.45, 2.75) is 32.2 Å². The molecule has 1 aliphatic heterocycles. The lowest BCUT2D eigenvalue weighted by Gasteiger charge is -2.22. The number of carboxylic acid groups (broad SMARTS) is 1. The number of aliphatic carboxylic acids is 1. The highest BCUT2D eigenvalue weighted by atomic mass is 16.6. The summed E-state index contributed by atoms with van der Waals surface area (Å²) in [5.41, 5.74) is 4.70. The molecule has 4 N–H and O–H groups in total. The van der Waals surface area contributed by atoms with Crippen LogP contribution < -0.4 is 11.1 Å². The second-order valence-electron chi connectivity index (χ2n) is 5.61. The van der Waals surface area contributed by atoms with Crippen molar-refractivity contribution in [1.82, 2.24) is 5.32 Å². The Labute approximate surface area is 128 Å². The van der Waals surface area contributed by atoms with Crippen molar-refractivity contribution in [1.29, 1.82) is 0 Å². The maximum absolute atomic E-state index is 11.7. The first-order valence-corrected chi connectivity index (χ1v) is 7.02. The van der Waals surface area contributed by atoms with Gasteiger partial charge in [0.2, 0.25) is 5.91 Å². The molecule has 1 heterocycles. The third-order valence-corrected chi connectivity index (χ3v) is 3.35. The fraction of sp³-hybridized carbons (Fsp3) is 0.643. The molecule has 0 radical (unpaired) electrons. The minimum absolute atomic E-state index is 0.134. The van der Waals surface area contributed by atoms with E-state index in [0.717, 1.165) is 12.5 Å². The summed E-state index contributed by atoms with van der Waals surface area (Å²) in [5, 5.41) is 11.3. The van der Waals surface area contributed by atoms with Gasteiger partial charge >= 0.3 is 12.1 Å². The SMILES string of the molecule is CC1(COC(=O)N[C@@H](CC/C=C/C(N)=O)C(=O)O)CCOC1. The molecular formula is C14H22N2O6. The van der Waals surface area contributed by atoms with Crippen molar-refractivity contribution < 1.29 is 29.0 Å². The van der Waals surface area contributed by atoms with Gasteiger partial charge in [0, 0.05) is 12.0 Å². The molecule has 8 heteroatoms. The first-order chi connectivity index (χ1) is 10.3. The van der Waals surface area contributed by atoms with Gasteiger partial charge in [-0.3, -0.25) is 4.79 Å². The quantitative estimate of drug-likeness (QED) is 0.557. The highest BCUT2D eigenvalue weighted by molar-refractivity contribution is 5.85. The maximum Gasteiger partial charge on any atom is 0.407 e. The number of allylic oxidation sites excluding steroid dienone is 1. The van der Waals surface area contributed by atoms with E-state index in [1.807, 2.05) is 6.92 Å². The number of hydrogen-bond donors (Lipinski definition) is 3. The van der Waals surface area contributed by atoms with E-state index in [-0.39, 0.29) is 18.4 Å². The van der Waals surface area contributed by atoms with E-state index in [0.29, 0.717) is 19.6 Å². The third kappa shape index (κ3) is 6.57. The van der Waals surface area contributed by atoms with Gasteiger partial charge in [0.15, 0.2) is 0 Å². The Kier molecular flexibility index (Phi) is 6.84. The molecule has 0 spiro atoms. The number of carboxylic acids is 1. The smallest absolute Gasteiger partial charge is 0.407 e. The van der Waals surface area contributed by atoms with Crippen LogP contribution in [0.1, 0.15) is 26.2 Å². The maximum atomic E-state index is 11.7. The van der Waals surface area contributed by atoms with Gasteiger partial charge in [-0.05, 0) is 25.3 Å². The number of primary amides is 1. The van der Waals surface area contributed by atoms with Gasteiger partial charge in [0.1, 0.15) is 12.6 Å². The molecule has 0 aromatic heterocycles. The van der Waals surface area contributed by atoms with Crippen LogP contribution in [0.5, 0.6) is 0 Å². The summed E-state index contributed by atoms with van der Waals surface area (Å²) in [6.45, 7) is 3.26. The van der Waals surface area contributed by atoms with Crippen molar-refractivity contribution in [2.75, 3.05) is 19.8 Å². The van der Waals surface area contributed by atoms with Gasteiger partial charge in [-0.15, -0.1) is 0 Å². The summed E-state index contributed by atoms with van der Waals surface area (Å²) < 4.78 is 10.3. The standard InChI is InChI=1S/C14H22N2O6/c1-14(6-7-21-8-14)9-22-13(20)16-10(12(18)19)4-2-3-5-11(15)17/h3,5,10H,2,4,6-9H2,1H3,(H2,15,17)(H,16,20)(H,18,19)/b5-3+/t10-,14?/m0/s1. The topological polar surface area (TPSA) is 128 Å². The molecule has 0 aromatic carbocycles. The number of carbonyl (C=O) groups excluding carboxylic acids is 2. The van der Waals surface area contributed by atoms with E-state index in [1.54, 1.807) is 0 Å². The number of alkyl carbamates (subject to hydrolysis) is 1. The van der Waals surface area contributed by atoms with Gasteiger partial charge in [0.05, 0.1) is 6.61 Å². The number of hydrogen-bond acceptors (Lipinski definition) is 5. The van der Waals surface area contributed by atoms with Gasteiger partial charge in [-0.2, -0.15) is 0 Å². The lowest BCUT2D eigenvalue weighted by Crippen LogP contribution is -2.42. The number of nitrogens with two attached hydrogens (primary N) is 1. The van der Waals surface area contributed by atoms with Crippen LogP contribution >= 0.6 is 0 Å². The second kappa shape index (κ2) is 8.38. The van der Waals surface area contributed by atoms with E-state index in [1.165, 1.54) is 6.08 Å². The number of nitrogens with one attached hydrogen (secondary N) is 1. The summed E-state index contributed by atoms with van der Waals surface area (Å²) in [6.07, 6.45) is 3.06. The molecule has 1 saturated heterocycles. The Hall–Kier alpha value is -2.09. The highest BCUT2D eigenvalue weighted by Crippen LogP contribution is 2.27. The molecule has 1 aliphatic rings. The summed E-state index contributed by atoms with van der Waals surface area (Å²) in [6, 6.07) is -1.09. The van der Waals surface area contributed by atoms with Crippen LogP contribution in [-0.4, -0.2) is 48.9 Å². The van der Waals surface area contributed by atoms with E-state index >= 15 is 0 Å². The lowest BCUT2D eigenvalue weighted by molar-refractivity contribution is -0.139. The van der Waals surface area contributed by atoms with Gasteiger partial charge < -0.3 is 25.6 Å². The van der Waals surface area contributed by atoms with Crippen LogP contribution in [0, 0.1) is 5.41 Å². The monoisotopic (exact) mass is 314 g/mol. The van der Waals surface area contributed by atoms with Gasteiger partial charge in [-0.1, -0.05) is 13.0 Å². The molecule has 22 heavy (non-hydrogen) atoms. The van der Waals surface area contributed by atoms with E-state index in [9.17, 15) is 14.4 Å². The zero-order chi connectivity index (χ0) is 16.6. The normalized spacial score (nSPS) is 22.4. The minimum atomic E-state index is -1.17. The number of amides is 2. The average molecular weight is 314 g/mol. The Bertz CT molecular complexity index is 443. The van der Waals surface area contributed by atoms with Crippen LogP contribution in [0.25, 0.3) is 0 Å². The minimum Gasteiger partial charge on any atom is -0.480 e. The molecule has 2 atom stereocenters. The van der Waals surface area contributed by atoms with Gasteiger partial charge in [0.25, 0.3) is 0 Å². The molecular weight excluding hydrogens is 292 g/mol. The fourth-order valence-corrected chi connectivity index (χ4v) is 1.97. The Morgan fingerprint density at radius 1 is 1.50 bits per heavy atom. The Balaban J connectivity index is 2.36. The van der Waals surface area contributed by atoms with Crippen LogP contribution in [0.2, 0.25) is 0 Å². The number of ether oxygens (including phenoxy) is 2. The highest BCUT2D eigenvalue weighted by Gasteiger charge is 2.31. The summed E-state index contributed by atoms with van der Waals surface area (Å²) in [7, 11) is 0. The lowest BCUT2D eigenvalue weighted by atomic mass is 9.91. The van der Waals surface area contributed by atoms with E-state index in [2.05, 4.69) is 5.32 Å². The van der Waals surface area contributed by atoms with Gasteiger partial charge in [-0.25, -0.2) is 9.59 Å². The van der Waals surface area contributed by atoms with Crippen LogP contribution in [0.4, 0.5) is 4.79 Å². The first kappa shape index (κ1) is 18.0. The third-order valence-electron chi connectivity index (χ3n) is 3.35. The molecule has 0 bridgehead atoms. The van der Waals surface area contributed by atoms with Crippen LogP contribution in [0.3, 0.4) is 0 Å². The molecule has 0 aliphatic carbocycles.